The van der Waals surface area contributed by atoms with Gasteiger partial charge in [0.1, 0.15) is 40.9 Å². The zero-order valence-corrected chi connectivity index (χ0v) is 41.2. The summed E-state index contributed by atoms with van der Waals surface area (Å²) in [6, 6.07) is 10.4. The van der Waals surface area contributed by atoms with Gasteiger partial charge >= 0.3 is 12.0 Å². The van der Waals surface area contributed by atoms with Gasteiger partial charge in [-0.2, -0.15) is 21.7 Å². The van der Waals surface area contributed by atoms with Crippen molar-refractivity contribution in [3.63, 3.8) is 0 Å². The molecule has 18 nitrogen and oxygen atoms in total. The second-order valence-electron chi connectivity index (χ2n) is 18.8. The Bertz CT molecular complexity index is 3150. The van der Waals surface area contributed by atoms with Crippen LogP contribution in [0.2, 0.25) is 0 Å². The summed E-state index contributed by atoms with van der Waals surface area (Å²) in [6.45, 7) is 3.32. The van der Waals surface area contributed by atoms with E-state index in [0.717, 1.165) is 63.4 Å². The molecule has 2 aromatic carbocycles. The number of aromatic hydroxyl groups is 1. The number of phenols is 1. The fraction of sp³-hybridized carbons (Fsp3) is 0.404. The maximum Gasteiger partial charge on any atom is 0.319 e. The van der Waals surface area contributed by atoms with Crippen LogP contribution in [-0.4, -0.2) is 143 Å². The topological polar surface area (TPSA) is 209 Å². The van der Waals surface area contributed by atoms with Gasteiger partial charge in [0, 0.05) is 92.2 Å². The Morgan fingerprint density at radius 2 is 1.89 bits per heavy atom. The lowest BCUT2D eigenvalue weighted by Gasteiger charge is -2.35. The minimum atomic E-state index is -0.950. The highest BCUT2D eigenvalue weighted by Crippen LogP contribution is 2.39. The van der Waals surface area contributed by atoms with Crippen molar-refractivity contribution in [1.29, 1.82) is 0 Å². The molecule has 0 radical (unpaired) electrons. The highest BCUT2D eigenvalue weighted by atomic mass is 32.2. The van der Waals surface area contributed by atoms with Crippen molar-refractivity contribution in [2.75, 3.05) is 56.5 Å². The number of carbonyl (C=O) groups excluding carboxylic acids is 3. The van der Waals surface area contributed by atoms with E-state index < -0.39 is 23.4 Å². The molecule has 10 rings (SSSR count). The van der Waals surface area contributed by atoms with Gasteiger partial charge in [0.05, 0.1) is 41.5 Å². The number of nitrogens with one attached hydrogen (secondary N) is 3. The van der Waals surface area contributed by atoms with Crippen LogP contribution in [0.4, 0.5) is 23.8 Å². The van der Waals surface area contributed by atoms with Crippen LogP contribution in [0.15, 0.2) is 66.9 Å². The number of thioether (sulfide) groups is 1. The number of piperazine rings is 1. The number of anilines is 1. The summed E-state index contributed by atoms with van der Waals surface area (Å²) in [6.07, 6.45) is 17.2. The number of benzene rings is 2. The molecule has 4 amide bonds. The quantitative estimate of drug-likeness (QED) is 0.0351. The highest BCUT2D eigenvalue weighted by molar-refractivity contribution is 8.00. The summed E-state index contributed by atoms with van der Waals surface area (Å²) < 4.78 is 55.5. The van der Waals surface area contributed by atoms with Crippen molar-refractivity contribution in [3.8, 4) is 35.4 Å². The summed E-state index contributed by atoms with van der Waals surface area (Å²) >= 11 is 1.87. The normalized spacial score (nSPS) is 19.9. The summed E-state index contributed by atoms with van der Waals surface area (Å²) in [5.41, 5.74) is 0.546. The number of ether oxygens (including phenoxy) is 1. The number of hydrogen-bond acceptors (Lipinski definition) is 14. The van der Waals surface area contributed by atoms with Crippen molar-refractivity contribution in [3.05, 3.63) is 95.5 Å². The molecule has 0 bridgehead atoms. The molecular formula is C52H54F3N13O5S. The molecule has 1 unspecified atom stereocenters. The molecule has 6 aromatic rings. The molecule has 4 saturated heterocycles. The Balaban J connectivity index is 0.789. The minimum absolute atomic E-state index is 0.00846. The molecule has 0 saturated carbocycles. The fourth-order valence-corrected chi connectivity index (χ4v) is 11.8. The van der Waals surface area contributed by atoms with Crippen molar-refractivity contribution >= 4 is 63.2 Å². The molecule has 4 aromatic heterocycles. The zero-order valence-electron chi connectivity index (χ0n) is 40.4. The number of rotatable bonds is 18. The van der Waals surface area contributed by atoms with Gasteiger partial charge in [-0.3, -0.25) is 29.1 Å². The number of likely N-dealkylation sites (tertiary alicyclic amines) is 1. The Labute approximate surface area is 428 Å². The van der Waals surface area contributed by atoms with E-state index in [4.69, 9.17) is 16.1 Å². The van der Waals surface area contributed by atoms with Crippen LogP contribution in [0.3, 0.4) is 0 Å². The lowest BCUT2D eigenvalue weighted by Crippen LogP contribution is -2.49. The third-order valence-corrected chi connectivity index (χ3v) is 15.5. The van der Waals surface area contributed by atoms with Gasteiger partial charge in [-0.15, -0.1) is 11.5 Å². The summed E-state index contributed by atoms with van der Waals surface area (Å²) in [4.78, 5) is 60.9. The smallest absolute Gasteiger partial charge is 0.319 e. The lowest BCUT2D eigenvalue weighted by atomic mass is 9.96. The van der Waals surface area contributed by atoms with E-state index in [0.29, 0.717) is 35.0 Å². The minimum Gasteiger partial charge on any atom is -0.508 e. The van der Waals surface area contributed by atoms with Crippen LogP contribution in [-0.2, 0) is 22.7 Å². The number of hydrogen-bond donors (Lipinski definition) is 4. The average Bonchev–Trinajstić information content (AvgIpc) is 4.23. The highest BCUT2D eigenvalue weighted by Gasteiger charge is 2.42. The molecule has 4 aliphatic heterocycles. The number of aryl methyl sites for hydroxylation is 1. The van der Waals surface area contributed by atoms with Gasteiger partial charge in [-0.25, -0.2) is 18.0 Å². The first-order valence-corrected chi connectivity index (χ1v) is 25.9. The summed E-state index contributed by atoms with van der Waals surface area (Å²) in [5, 5.41) is 29.3. The molecular weight excluding hydrogens is 976 g/mol. The van der Waals surface area contributed by atoms with Crippen molar-refractivity contribution in [1.82, 2.24) is 60.7 Å². The predicted molar refractivity (Wildman–Crippen MR) is 272 cm³/mol. The molecule has 8 heterocycles. The summed E-state index contributed by atoms with van der Waals surface area (Å²) in [7, 11) is 0. The molecule has 384 valence electrons. The van der Waals surface area contributed by atoms with Gasteiger partial charge in [-0.05, 0) is 74.4 Å². The third kappa shape index (κ3) is 11.0. The van der Waals surface area contributed by atoms with Gasteiger partial charge in [0.15, 0.2) is 11.6 Å². The number of phenolic OH excluding ortho intramolecular Hbond substituents is 1. The molecule has 4 fully saturated rings. The lowest BCUT2D eigenvalue weighted by molar-refractivity contribution is -0.128. The average molecular weight is 1030 g/mol. The van der Waals surface area contributed by atoms with E-state index in [1.807, 2.05) is 22.9 Å². The van der Waals surface area contributed by atoms with Crippen LogP contribution in [0.5, 0.6) is 11.8 Å². The number of fused-ring (bicyclic) bond motifs is 3. The van der Waals surface area contributed by atoms with Crippen molar-refractivity contribution < 1.29 is 37.4 Å². The molecule has 4 aliphatic rings. The molecule has 74 heavy (non-hydrogen) atoms. The first kappa shape index (κ1) is 50.0. The molecule has 22 heteroatoms. The van der Waals surface area contributed by atoms with E-state index in [1.54, 1.807) is 22.9 Å². The second kappa shape index (κ2) is 22.3. The summed E-state index contributed by atoms with van der Waals surface area (Å²) in [5.74, 6) is 0.00693. The van der Waals surface area contributed by atoms with Gasteiger partial charge in [0.2, 0.25) is 5.91 Å². The van der Waals surface area contributed by atoms with E-state index in [-0.39, 0.29) is 120 Å². The zero-order chi connectivity index (χ0) is 51.3. The van der Waals surface area contributed by atoms with E-state index in [2.05, 4.69) is 52.0 Å². The van der Waals surface area contributed by atoms with Gasteiger partial charge in [0.25, 0.3) is 5.91 Å². The largest absolute Gasteiger partial charge is 0.508 e. The number of terminal acetylenes is 1. The Morgan fingerprint density at radius 1 is 1.03 bits per heavy atom. The van der Waals surface area contributed by atoms with Crippen LogP contribution < -0.4 is 25.6 Å². The Morgan fingerprint density at radius 3 is 2.72 bits per heavy atom. The molecule has 0 aliphatic carbocycles. The number of unbranched alkanes of at least 4 members (excludes halogenated alkanes) is 1. The SMILES string of the molecule is C#Cc1c(F)ccc2cc(O)cc(-c3ncc4c(N5CCN(C(=O)/C(F)=C/c6ccccn6)CC5)nc(OCC5CCCN5CCCn5cc(CNC(=O)CCCC[C@@H]6SC[C@@H]7NC(=O)N[C@@H]76)nn5)nc4c3F)c12. The van der Waals surface area contributed by atoms with E-state index in [9.17, 15) is 19.5 Å². The van der Waals surface area contributed by atoms with Crippen molar-refractivity contribution in [2.24, 2.45) is 0 Å². The first-order valence-electron chi connectivity index (χ1n) is 24.8. The van der Waals surface area contributed by atoms with E-state index >= 15 is 13.2 Å². The number of aromatic nitrogens is 7. The standard InChI is InChI=1S/C52H54F3N13O5S/c1-2-36-39(53)14-13-31-23-35(69)25-37(44(31)36)46-45(55)47-38(27-58-46)49(66-19-21-67(22-20-66)50(71)40(54)24-32-9-5-6-15-56-32)62-52(61-47)73-29-34-10-7-16-65(34)17-8-18-68-28-33(63-64-68)26-57-43(70)12-4-3-11-42-48-41(30-74-42)59-51(72)60-48/h1,5-6,9,13-15,23-25,27-28,34,41-42,48,69H,3-4,7-8,10-12,16-22,26,29-30H2,(H,57,70)(H2,59,60,72)/b40-24-/t34?,41-,42-,48-/m0/s1. The first-order chi connectivity index (χ1) is 36.0. The van der Waals surface area contributed by atoms with E-state index in [1.165, 1.54) is 41.6 Å². The molecule has 4 atom stereocenters. The van der Waals surface area contributed by atoms with Gasteiger partial charge in [-0.1, -0.05) is 29.7 Å². The Kier molecular flexibility index (Phi) is 15.1. The number of pyridine rings is 2. The van der Waals surface area contributed by atoms with Gasteiger partial charge < -0.3 is 35.6 Å². The third-order valence-electron chi connectivity index (χ3n) is 14.0. The van der Waals surface area contributed by atoms with Crippen LogP contribution >= 0.6 is 11.8 Å². The number of halogens is 3. The van der Waals surface area contributed by atoms with Crippen LogP contribution in [0.25, 0.3) is 39.0 Å². The number of carbonyl (C=O) groups is 3. The predicted octanol–water partition coefficient (Wildman–Crippen LogP) is 5.73. The Hall–Kier alpha value is -7.51. The number of amides is 4. The molecule has 4 N–H and O–H groups in total. The maximum atomic E-state index is 17.2. The fourth-order valence-electron chi connectivity index (χ4n) is 10.3. The number of urea groups is 1. The van der Waals surface area contributed by atoms with Crippen LogP contribution in [0.1, 0.15) is 61.9 Å². The second-order valence-corrected chi connectivity index (χ2v) is 20.1. The maximum absolute atomic E-state index is 17.2. The number of nitrogens with zero attached hydrogens (tertiary/aromatic N) is 10. The molecule has 0 spiro atoms. The van der Waals surface area contributed by atoms with Crippen LogP contribution in [0, 0.1) is 24.0 Å². The van der Waals surface area contributed by atoms with Crippen molar-refractivity contribution in [2.45, 2.75) is 81.4 Å². The monoisotopic (exact) mass is 1030 g/mol.